The minimum atomic E-state index is 0.204. The molecule has 106 valence electrons. The van der Waals surface area contributed by atoms with Gasteiger partial charge in [-0.3, -0.25) is 4.99 Å². The lowest BCUT2D eigenvalue weighted by atomic mass is 10.1. The van der Waals surface area contributed by atoms with Crippen LogP contribution >= 0.6 is 11.6 Å². The van der Waals surface area contributed by atoms with Crippen molar-refractivity contribution in [2.75, 3.05) is 6.61 Å². The summed E-state index contributed by atoms with van der Waals surface area (Å²) in [6, 6.07) is 11.7. The molecule has 21 heavy (non-hydrogen) atoms. The number of halogens is 1. The molecule has 2 nitrogen and oxygen atoms in total. The van der Waals surface area contributed by atoms with Gasteiger partial charge in [-0.05, 0) is 49.2 Å². The fraction of sp³-hybridized carbons (Fsp3) is 0.167. The molecule has 0 fully saturated rings. The van der Waals surface area contributed by atoms with Crippen LogP contribution in [0.5, 0.6) is 5.75 Å². The molecule has 0 aliphatic carbocycles. The van der Waals surface area contributed by atoms with E-state index in [-0.39, 0.29) is 6.61 Å². The largest absolute Gasteiger partial charge is 0.479 e. The van der Waals surface area contributed by atoms with E-state index in [2.05, 4.69) is 23.9 Å². The standard InChI is InChI=1S/C18H16ClNO/c1-4-9-21-18-8-6-15(11-16(18)19)12-20-17-7-5-13(2)10-14(17)3/h1,5-8,10-12H,9H2,2-3H3. The fourth-order valence-electron chi connectivity index (χ4n) is 1.93. The summed E-state index contributed by atoms with van der Waals surface area (Å²) in [5.74, 6) is 2.99. The molecule has 2 rings (SSSR count). The van der Waals surface area contributed by atoms with Crippen molar-refractivity contribution in [2.45, 2.75) is 13.8 Å². The molecule has 0 N–H and O–H groups in total. The Balaban J connectivity index is 2.18. The Morgan fingerprint density at radius 2 is 2.05 bits per heavy atom. The zero-order valence-corrected chi connectivity index (χ0v) is 12.8. The van der Waals surface area contributed by atoms with Crippen molar-refractivity contribution in [3.63, 3.8) is 0 Å². The Bertz CT molecular complexity index is 714. The molecule has 0 aliphatic heterocycles. The third-order valence-corrected chi connectivity index (χ3v) is 3.27. The van der Waals surface area contributed by atoms with Crippen LogP contribution in [0.25, 0.3) is 0 Å². The van der Waals surface area contributed by atoms with E-state index in [1.165, 1.54) is 5.56 Å². The molecular weight excluding hydrogens is 282 g/mol. The third-order valence-electron chi connectivity index (χ3n) is 2.97. The second-order valence-corrected chi connectivity index (χ2v) is 5.14. The van der Waals surface area contributed by atoms with Crippen LogP contribution < -0.4 is 4.74 Å². The highest BCUT2D eigenvalue weighted by Gasteiger charge is 2.02. The maximum atomic E-state index is 6.14. The number of terminal acetylenes is 1. The number of hydrogen-bond donors (Lipinski definition) is 0. The van der Waals surface area contributed by atoms with Crippen molar-refractivity contribution >= 4 is 23.5 Å². The van der Waals surface area contributed by atoms with E-state index in [1.54, 1.807) is 18.3 Å². The van der Waals surface area contributed by atoms with E-state index in [1.807, 2.05) is 25.1 Å². The Hall–Kier alpha value is -2.24. The highest BCUT2D eigenvalue weighted by molar-refractivity contribution is 6.32. The number of rotatable bonds is 4. The molecule has 2 aromatic rings. The van der Waals surface area contributed by atoms with Gasteiger partial charge in [-0.15, -0.1) is 6.42 Å². The summed E-state index contributed by atoms with van der Waals surface area (Å²) in [5, 5.41) is 0.523. The zero-order chi connectivity index (χ0) is 15.2. The van der Waals surface area contributed by atoms with Crippen LogP contribution in [0, 0.1) is 26.2 Å². The van der Waals surface area contributed by atoms with Crippen LogP contribution in [0.3, 0.4) is 0 Å². The molecule has 0 aliphatic rings. The van der Waals surface area contributed by atoms with Gasteiger partial charge in [0.25, 0.3) is 0 Å². The Morgan fingerprint density at radius 3 is 2.71 bits per heavy atom. The zero-order valence-electron chi connectivity index (χ0n) is 12.1. The number of aliphatic imine (C=N–C) groups is 1. The van der Waals surface area contributed by atoms with E-state index in [4.69, 9.17) is 22.8 Å². The predicted octanol–water partition coefficient (Wildman–Crippen LogP) is 4.72. The van der Waals surface area contributed by atoms with Crippen molar-refractivity contribution in [3.8, 4) is 18.1 Å². The molecule has 0 atom stereocenters. The van der Waals surface area contributed by atoms with E-state index < -0.39 is 0 Å². The van der Waals surface area contributed by atoms with Gasteiger partial charge in [0.15, 0.2) is 0 Å². The van der Waals surface area contributed by atoms with Crippen molar-refractivity contribution in [1.82, 2.24) is 0 Å². The van der Waals surface area contributed by atoms with Crippen LogP contribution in [0.15, 0.2) is 41.4 Å². The van der Waals surface area contributed by atoms with Gasteiger partial charge in [0.2, 0.25) is 0 Å². The second kappa shape index (κ2) is 6.97. The average Bonchev–Trinajstić information content (AvgIpc) is 2.45. The summed E-state index contributed by atoms with van der Waals surface area (Å²) >= 11 is 6.14. The van der Waals surface area contributed by atoms with Crippen LogP contribution in [-0.2, 0) is 0 Å². The van der Waals surface area contributed by atoms with Gasteiger partial charge in [-0.1, -0.05) is 35.2 Å². The number of nitrogens with zero attached hydrogens (tertiary/aromatic N) is 1. The molecule has 3 heteroatoms. The summed E-state index contributed by atoms with van der Waals surface area (Å²) in [4.78, 5) is 4.49. The maximum absolute atomic E-state index is 6.14. The highest BCUT2D eigenvalue weighted by Crippen LogP contribution is 2.25. The number of benzene rings is 2. The van der Waals surface area contributed by atoms with Crippen molar-refractivity contribution < 1.29 is 4.74 Å². The first kappa shape index (κ1) is 15.2. The smallest absolute Gasteiger partial charge is 0.148 e. The molecule has 0 amide bonds. The lowest BCUT2D eigenvalue weighted by molar-refractivity contribution is 0.370. The van der Waals surface area contributed by atoms with Gasteiger partial charge in [0.1, 0.15) is 12.4 Å². The first-order valence-electron chi connectivity index (χ1n) is 6.57. The number of aryl methyl sites for hydroxylation is 2. The molecule has 0 aromatic heterocycles. The van der Waals surface area contributed by atoms with Gasteiger partial charge in [0.05, 0.1) is 10.7 Å². The van der Waals surface area contributed by atoms with Gasteiger partial charge in [0, 0.05) is 6.21 Å². The Kier molecular flexibility index (Phi) is 5.03. The fourth-order valence-corrected chi connectivity index (χ4v) is 2.17. The van der Waals surface area contributed by atoms with Crippen LogP contribution in [-0.4, -0.2) is 12.8 Å². The topological polar surface area (TPSA) is 21.6 Å². The van der Waals surface area contributed by atoms with Crippen LogP contribution in [0.4, 0.5) is 5.69 Å². The molecular formula is C18H16ClNO. The van der Waals surface area contributed by atoms with E-state index >= 15 is 0 Å². The average molecular weight is 298 g/mol. The number of hydrogen-bond acceptors (Lipinski definition) is 2. The Morgan fingerprint density at radius 1 is 1.24 bits per heavy atom. The van der Waals surface area contributed by atoms with Crippen LogP contribution in [0.1, 0.15) is 16.7 Å². The molecule has 0 unspecified atom stereocenters. The predicted molar refractivity (Wildman–Crippen MR) is 89.0 cm³/mol. The molecule has 0 saturated heterocycles. The molecule has 0 saturated carbocycles. The quantitative estimate of drug-likeness (QED) is 0.591. The maximum Gasteiger partial charge on any atom is 0.148 e. The second-order valence-electron chi connectivity index (χ2n) is 4.73. The lowest BCUT2D eigenvalue weighted by Gasteiger charge is -2.05. The summed E-state index contributed by atoms with van der Waals surface area (Å²) in [7, 11) is 0. The minimum Gasteiger partial charge on any atom is -0.479 e. The summed E-state index contributed by atoms with van der Waals surface area (Å²) < 4.78 is 5.32. The van der Waals surface area contributed by atoms with Gasteiger partial charge in [-0.25, -0.2) is 0 Å². The summed E-state index contributed by atoms with van der Waals surface area (Å²) in [5.41, 5.74) is 4.23. The van der Waals surface area contributed by atoms with E-state index in [0.29, 0.717) is 10.8 Å². The molecule has 0 heterocycles. The van der Waals surface area contributed by atoms with Crippen molar-refractivity contribution in [3.05, 3.63) is 58.1 Å². The molecule has 0 bridgehead atoms. The van der Waals surface area contributed by atoms with Gasteiger partial charge < -0.3 is 4.74 Å². The first-order chi connectivity index (χ1) is 10.1. The highest BCUT2D eigenvalue weighted by atomic mass is 35.5. The molecule has 0 spiro atoms. The SMILES string of the molecule is C#CCOc1ccc(C=Nc2ccc(C)cc2C)cc1Cl. The minimum absolute atomic E-state index is 0.204. The molecule has 2 aromatic carbocycles. The lowest BCUT2D eigenvalue weighted by Crippen LogP contribution is -1.94. The summed E-state index contributed by atoms with van der Waals surface area (Å²) in [6.07, 6.45) is 6.94. The van der Waals surface area contributed by atoms with Gasteiger partial charge in [-0.2, -0.15) is 0 Å². The van der Waals surface area contributed by atoms with Crippen molar-refractivity contribution in [1.29, 1.82) is 0 Å². The monoisotopic (exact) mass is 297 g/mol. The summed E-state index contributed by atoms with van der Waals surface area (Å²) in [6.45, 7) is 4.31. The molecule has 0 radical (unpaired) electrons. The van der Waals surface area contributed by atoms with Crippen molar-refractivity contribution in [2.24, 2.45) is 4.99 Å². The normalized spacial score (nSPS) is 10.6. The Labute approximate surface area is 130 Å². The van der Waals surface area contributed by atoms with Gasteiger partial charge >= 0.3 is 0 Å². The van der Waals surface area contributed by atoms with Crippen LogP contribution in [0.2, 0.25) is 5.02 Å². The first-order valence-corrected chi connectivity index (χ1v) is 6.95. The van der Waals surface area contributed by atoms with E-state index in [0.717, 1.165) is 16.8 Å². The number of ether oxygens (including phenoxy) is 1. The third kappa shape index (κ3) is 4.11. The van der Waals surface area contributed by atoms with E-state index in [9.17, 15) is 0 Å².